The number of rotatable bonds is 5. The molecule has 0 radical (unpaired) electrons. The molecular formula is C19H25F3N2O2. The maximum atomic E-state index is 12.8. The second kappa shape index (κ2) is 8.39. The quantitative estimate of drug-likeness (QED) is 0.865. The van der Waals surface area contributed by atoms with E-state index in [0.29, 0.717) is 31.7 Å². The van der Waals surface area contributed by atoms with Gasteiger partial charge in [0.05, 0.1) is 11.7 Å². The molecule has 3 rings (SSSR count). The van der Waals surface area contributed by atoms with Crippen molar-refractivity contribution in [2.75, 3.05) is 26.2 Å². The van der Waals surface area contributed by atoms with Crippen LogP contribution in [0.2, 0.25) is 0 Å². The topological polar surface area (TPSA) is 41.6 Å². The van der Waals surface area contributed by atoms with E-state index >= 15 is 0 Å². The molecule has 0 saturated carbocycles. The number of alkyl halides is 3. The zero-order chi connectivity index (χ0) is 18.6. The number of hydrogen-bond acceptors (Lipinski definition) is 3. The van der Waals surface area contributed by atoms with Crippen molar-refractivity contribution in [2.45, 2.75) is 44.5 Å². The lowest BCUT2D eigenvalue weighted by molar-refractivity contribution is -0.137. The number of nitrogens with one attached hydrogen (secondary N) is 1. The Kier molecular flexibility index (Phi) is 6.19. The van der Waals surface area contributed by atoms with Gasteiger partial charge in [0, 0.05) is 25.6 Å². The van der Waals surface area contributed by atoms with E-state index in [2.05, 4.69) is 10.2 Å². The van der Waals surface area contributed by atoms with Crippen molar-refractivity contribution in [1.29, 1.82) is 0 Å². The van der Waals surface area contributed by atoms with Crippen molar-refractivity contribution in [3.05, 3.63) is 35.4 Å². The second-order valence-corrected chi connectivity index (χ2v) is 7.13. The molecule has 0 bridgehead atoms. The summed E-state index contributed by atoms with van der Waals surface area (Å²) in [6.07, 6.45) is -0.666. The van der Waals surface area contributed by atoms with Crippen LogP contribution in [0, 0.1) is 5.92 Å². The molecule has 1 aromatic carbocycles. The van der Waals surface area contributed by atoms with E-state index in [1.165, 1.54) is 12.1 Å². The third kappa shape index (κ3) is 5.20. The standard InChI is InChI=1S/C19H25F3N2O2/c20-19(21,22)16-4-1-3-14(11-16)13-24-8-6-15(7-9-24)18(25)23-12-17-5-2-10-26-17/h1,3-4,11,15,17H,2,5-10,12-13H2,(H,23,25)/t17-/m0/s1. The van der Waals surface area contributed by atoms with Gasteiger partial charge in [-0.1, -0.05) is 18.2 Å². The normalized spacial score (nSPS) is 22.5. The first-order valence-corrected chi connectivity index (χ1v) is 9.19. The molecule has 1 N–H and O–H groups in total. The molecule has 4 nitrogen and oxygen atoms in total. The summed E-state index contributed by atoms with van der Waals surface area (Å²) in [6, 6.07) is 5.47. The monoisotopic (exact) mass is 370 g/mol. The first-order chi connectivity index (χ1) is 12.4. The van der Waals surface area contributed by atoms with Crippen LogP contribution < -0.4 is 5.32 Å². The van der Waals surface area contributed by atoms with Crippen LogP contribution in [0.15, 0.2) is 24.3 Å². The van der Waals surface area contributed by atoms with Crippen molar-refractivity contribution in [3.8, 4) is 0 Å². The van der Waals surface area contributed by atoms with Gasteiger partial charge in [-0.05, 0) is 50.4 Å². The maximum Gasteiger partial charge on any atom is 0.416 e. The third-order valence-corrected chi connectivity index (χ3v) is 5.15. The van der Waals surface area contributed by atoms with Crippen molar-refractivity contribution in [1.82, 2.24) is 10.2 Å². The summed E-state index contributed by atoms with van der Waals surface area (Å²) < 4.78 is 43.9. The summed E-state index contributed by atoms with van der Waals surface area (Å²) >= 11 is 0. The summed E-state index contributed by atoms with van der Waals surface area (Å²) in [6.45, 7) is 3.26. The fraction of sp³-hybridized carbons (Fsp3) is 0.632. The maximum absolute atomic E-state index is 12.8. The molecular weight excluding hydrogens is 345 g/mol. The van der Waals surface area contributed by atoms with Crippen LogP contribution in [0.3, 0.4) is 0 Å². The molecule has 0 unspecified atom stereocenters. The molecule has 1 aromatic rings. The average Bonchev–Trinajstić information content (AvgIpc) is 3.13. The Bertz CT molecular complexity index is 607. The largest absolute Gasteiger partial charge is 0.416 e. The highest BCUT2D eigenvalue weighted by Gasteiger charge is 2.31. The van der Waals surface area contributed by atoms with Gasteiger partial charge >= 0.3 is 6.18 Å². The van der Waals surface area contributed by atoms with Crippen LogP contribution >= 0.6 is 0 Å². The molecule has 1 amide bonds. The van der Waals surface area contributed by atoms with Gasteiger partial charge < -0.3 is 10.1 Å². The zero-order valence-corrected chi connectivity index (χ0v) is 14.7. The molecule has 2 fully saturated rings. The lowest BCUT2D eigenvalue weighted by Gasteiger charge is -2.31. The van der Waals surface area contributed by atoms with Gasteiger partial charge in [-0.15, -0.1) is 0 Å². The van der Waals surface area contributed by atoms with E-state index in [-0.39, 0.29) is 17.9 Å². The van der Waals surface area contributed by atoms with Crippen LogP contribution in [0.5, 0.6) is 0 Å². The summed E-state index contributed by atoms with van der Waals surface area (Å²) in [4.78, 5) is 14.4. The predicted molar refractivity (Wildman–Crippen MR) is 91.4 cm³/mol. The van der Waals surface area contributed by atoms with E-state index in [1.54, 1.807) is 6.07 Å². The van der Waals surface area contributed by atoms with Gasteiger partial charge in [-0.2, -0.15) is 13.2 Å². The van der Waals surface area contributed by atoms with Gasteiger partial charge in [0.15, 0.2) is 0 Å². The average molecular weight is 370 g/mol. The summed E-state index contributed by atoms with van der Waals surface area (Å²) in [5, 5.41) is 2.98. The fourth-order valence-electron chi connectivity index (χ4n) is 3.62. The predicted octanol–water partition coefficient (Wildman–Crippen LogP) is 3.21. The number of amides is 1. The number of nitrogens with zero attached hydrogens (tertiary/aromatic N) is 1. The Balaban J connectivity index is 1.44. The van der Waals surface area contributed by atoms with Crippen LogP contribution in [0.4, 0.5) is 13.2 Å². The van der Waals surface area contributed by atoms with E-state index in [0.717, 1.165) is 38.4 Å². The number of likely N-dealkylation sites (tertiary alicyclic amines) is 1. The Labute approximate surface area is 151 Å². The number of ether oxygens (including phenoxy) is 1. The lowest BCUT2D eigenvalue weighted by Crippen LogP contribution is -2.42. The molecule has 0 aromatic heterocycles. The van der Waals surface area contributed by atoms with Gasteiger partial charge in [0.2, 0.25) is 5.91 Å². The first-order valence-electron chi connectivity index (χ1n) is 9.19. The Hall–Kier alpha value is -1.60. The molecule has 2 aliphatic rings. The van der Waals surface area contributed by atoms with Crippen molar-refractivity contribution >= 4 is 5.91 Å². The molecule has 144 valence electrons. The summed E-state index contributed by atoms with van der Waals surface area (Å²) in [7, 11) is 0. The number of halogens is 3. The highest BCUT2D eigenvalue weighted by molar-refractivity contribution is 5.78. The van der Waals surface area contributed by atoms with Crippen molar-refractivity contribution in [3.63, 3.8) is 0 Å². The molecule has 0 aliphatic carbocycles. The smallest absolute Gasteiger partial charge is 0.376 e. The minimum absolute atomic E-state index is 0.0193. The number of benzene rings is 1. The molecule has 2 heterocycles. The van der Waals surface area contributed by atoms with E-state index in [9.17, 15) is 18.0 Å². The van der Waals surface area contributed by atoms with Crippen LogP contribution in [0.1, 0.15) is 36.8 Å². The van der Waals surface area contributed by atoms with Gasteiger partial charge in [0.25, 0.3) is 0 Å². The Morgan fingerprint density at radius 1 is 1.23 bits per heavy atom. The van der Waals surface area contributed by atoms with Gasteiger partial charge in [0.1, 0.15) is 0 Å². The van der Waals surface area contributed by atoms with Crippen LogP contribution in [-0.4, -0.2) is 43.2 Å². The van der Waals surface area contributed by atoms with Crippen molar-refractivity contribution in [2.24, 2.45) is 5.92 Å². The Morgan fingerprint density at radius 3 is 2.65 bits per heavy atom. The molecule has 0 spiro atoms. The number of carbonyl (C=O) groups excluding carboxylic acids is 1. The summed E-state index contributed by atoms with van der Waals surface area (Å²) in [5.74, 6) is 0.0494. The fourth-order valence-corrected chi connectivity index (χ4v) is 3.62. The molecule has 1 atom stereocenters. The SMILES string of the molecule is O=C(NC[C@@H]1CCCO1)C1CCN(Cc2cccc(C(F)(F)F)c2)CC1. The molecule has 7 heteroatoms. The molecule has 2 aliphatic heterocycles. The molecule has 2 saturated heterocycles. The number of carbonyl (C=O) groups is 1. The van der Waals surface area contributed by atoms with Crippen LogP contribution in [-0.2, 0) is 22.3 Å². The third-order valence-electron chi connectivity index (χ3n) is 5.15. The zero-order valence-electron chi connectivity index (χ0n) is 14.7. The second-order valence-electron chi connectivity index (χ2n) is 7.13. The number of hydrogen-bond donors (Lipinski definition) is 1. The highest BCUT2D eigenvalue weighted by Crippen LogP contribution is 2.30. The van der Waals surface area contributed by atoms with Crippen LogP contribution in [0.25, 0.3) is 0 Å². The van der Waals surface area contributed by atoms with E-state index < -0.39 is 11.7 Å². The van der Waals surface area contributed by atoms with Gasteiger partial charge in [-0.3, -0.25) is 9.69 Å². The number of piperidine rings is 1. The van der Waals surface area contributed by atoms with E-state index in [4.69, 9.17) is 4.74 Å². The molecule has 26 heavy (non-hydrogen) atoms. The lowest BCUT2D eigenvalue weighted by atomic mass is 9.95. The highest BCUT2D eigenvalue weighted by atomic mass is 19.4. The van der Waals surface area contributed by atoms with E-state index in [1.807, 2.05) is 0 Å². The summed E-state index contributed by atoms with van der Waals surface area (Å²) in [5.41, 5.74) is 0.0412. The van der Waals surface area contributed by atoms with Gasteiger partial charge in [-0.25, -0.2) is 0 Å². The first kappa shape index (κ1) is 19.2. The minimum Gasteiger partial charge on any atom is -0.376 e. The minimum atomic E-state index is -4.32. The Morgan fingerprint density at radius 2 is 2.00 bits per heavy atom. The van der Waals surface area contributed by atoms with Crippen molar-refractivity contribution < 1.29 is 22.7 Å².